The summed E-state index contributed by atoms with van der Waals surface area (Å²) in [7, 11) is 0. The first-order valence-corrected chi connectivity index (χ1v) is 7.77. The maximum Gasteiger partial charge on any atom is 0.334 e. The van der Waals surface area contributed by atoms with Crippen LogP contribution in [0.2, 0.25) is 0 Å². The third-order valence-electron chi connectivity index (χ3n) is 3.95. The summed E-state index contributed by atoms with van der Waals surface area (Å²) in [6, 6.07) is 4.46. The highest BCUT2D eigenvalue weighted by molar-refractivity contribution is 6.13. The number of benzene rings is 1. The number of carbonyl (C=O) groups is 3. The highest BCUT2D eigenvalue weighted by Gasteiger charge is 2.53. The van der Waals surface area contributed by atoms with Crippen LogP contribution in [0, 0.1) is 10.1 Å². The second-order valence-corrected chi connectivity index (χ2v) is 6.33. The van der Waals surface area contributed by atoms with Crippen LogP contribution in [-0.2, 0) is 9.59 Å². The van der Waals surface area contributed by atoms with Crippen LogP contribution < -0.4 is 4.74 Å². The standard InChI is InChI=1S/C16H19N3O7/c1-10(20)18-15(23)17(14(22)16(18,2)3)8-12(21)9-26-13-6-4-11(5-7-13)19(24)25/h4-7,12,21H,8-9H2,1-3H3. The molecule has 2 rings (SSSR count). The molecule has 0 radical (unpaired) electrons. The molecule has 140 valence electrons. The largest absolute Gasteiger partial charge is 0.491 e. The Morgan fingerprint density at radius 2 is 1.88 bits per heavy atom. The van der Waals surface area contributed by atoms with E-state index in [-0.39, 0.29) is 18.8 Å². The first-order valence-electron chi connectivity index (χ1n) is 7.77. The van der Waals surface area contributed by atoms with Crippen molar-refractivity contribution in [2.45, 2.75) is 32.4 Å². The maximum absolute atomic E-state index is 12.4. The van der Waals surface area contributed by atoms with Crippen molar-refractivity contribution in [3.8, 4) is 5.75 Å². The van der Waals surface area contributed by atoms with Crippen molar-refractivity contribution in [3.63, 3.8) is 0 Å². The smallest absolute Gasteiger partial charge is 0.334 e. The van der Waals surface area contributed by atoms with Gasteiger partial charge in [-0.3, -0.25) is 24.6 Å². The Kier molecular flexibility index (Phi) is 5.26. The quantitative estimate of drug-likeness (QED) is 0.451. The molecule has 26 heavy (non-hydrogen) atoms. The zero-order valence-corrected chi connectivity index (χ0v) is 14.5. The molecule has 0 aromatic heterocycles. The summed E-state index contributed by atoms with van der Waals surface area (Å²) in [5, 5.41) is 20.6. The lowest BCUT2D eigenvalue weighted by Gasteiger charge is -2.24. The molecule has 1 unspecified atom stereocenters. The maximum atomic E-state index is 12.4. The third kappa shape index (κ3) is 3.64. The number of hydrogen-bond acceptors (Lipinski definition) is 7. The molecule has 10 nitrogen and oxygen atoms in total. The molecule has 1 aromatic carbocycles. The summed E-state index contributed by atoms with van der Waals surface area (Å²) in [6.07, 6.45) is -1.19. The lowest BCUT2D eigenvalue weighted by atomic mass is 10.0. The van der Waals surface area contributed by atoms with Crippen molar-refractivity contribution in [1.29, 1.82) is 0 Å². The monoisotopic (exact) mass is 365 g/mol. The van der Waals surface area contributed by atoms with Crippen LogP contribution in [0.4, 0.5) is 10.5 Å². The molecule has 0 aliphatic carbocycles. The average molecular weight is 365 g/mol. The fourth-order valence-corrected chi connectivity index (χ4v) is 2.68. The molecule has 0 saturated carbocycles. The second-order valence-electron chi connectivity index (χ2n) is 6.33. The van der Waals surface area contributed by atoms with Crippen LogP contribution in [0.5, 0.6) is 5.75 Å². The Balaban J connectivity index is 1.98. The van der Waals surface area contributed by atoms with Crippen molar-refractivity contribution < 1.29 is 29.2 Å². The number of amides is 4. The Bertz CT molecular complexity index is 745. The van der Waals surface area contributed by atoms with Gasteiger partial charge in [-0.15, -0.1) is 0 Å². The number of nitrogens with zero attached hydrogens (tertiary/aromatic N) is 3. The summed E-state index contributed by atoms with van der Waals surface area (Å²) in [6.45, 7) is 3.51. The molecule has 1 aliphatic heterocycles. The number of urea groups is 1. The van der Waals surface area contributed by atoms with E-state index in [4.69, 9.17) is 4.74 Å². The van der Waals surface area contributed by atoms with Gasteiger partial charge >= 0.3 is 6.03 Å². The van der Waals surface area contributed by atoms with Crippen LogP contribution in [-0.4, -0.2) is 62.5 Å². The Morgan fingerprint density at radius 1 is 1.31 bits per heavy atom. The highest BCUT2D eigenvalue weighted by atomic mass is 16.6. The molecule has 1 atom stereocenters. The second kappa shape index (κ2) is 7.08. The van der Waals surface area contributed by atoms with E-state index in [2.05, 4.69) is 0 Å². The minimum atomic E-state index is -1.32. The Morgan fingerprint density at radius 3 is 2.35 bits per heavy atom. The number of imide groups is 2. The number of aliphatic hydroxyl groups is 1. The number of hydrogen-bond donors (Lipinski definition) is 1. The van der Waals surface area contributed by atoms with Crippen LogP contribution >= 0.6 is 0 Å². The van der Waals surface area contributed by atoms with Crippen LogP contribution in [0.25, 0.3) is 0 Å². The molecule has 10 heteroatoms. The van der Waals surface area contributed by atoms with Gasteiger partial charge < -0.3 is 9.84 Å². The molecule has 1 aliphatic rings. The number of ether oxygens (including phenoxy) is 1. The predicted molar refractivity (Wildman–Crippen MR) is 88.3 cm³/mol. The van der Waals surface area contributed by atoms with E-state index in [1.54, 1.807) is 0 Å². The van der Waals surface area contributed by atoms with E-state index < -0.39 is 34.4 Å². The lowest BCUT2D eigenvalue weighted by Crippen LogP contribution is -2.46. The number of nitro groups is 1. The minimum absolute atomic E-state index is 0.0993. The molecule has 1 heterocycles. The van der Waals surface area contributed by atoms with Gasteiger partial charge in [0.2, 0.25) is 5.91 Å². The SMILES string of the molecule is CC(=O)N1C(=O)N(CC(O)COc2ccc([N+](=O)[O-])cc2)C(=O)C1(C)C. The fourth-order valence-electron chi connectivity index (χ4n) is 2.68. The van der Waals surface area contributed by atoms with Crippen molar-refractivity contribution in [2.24, 2.45) is 0 Å². The predicted octanol–water partition coefficient (Wildman–Crippen LogP) is 0.924. The van der Waals surface area contributed by atoms with E-state index in [0.717, 1.165) is 9.80 Å². The minimum Gasteiger partial charge on any atom is -0.491 e. The van der Waals surface area contributed by atoms with E-state index in [0.29, 0.717) is 5.75 Å². The van der Waals surface area contributed by atoms with E-state index in [1.807, 2.05) is 0 Å². The van der Waals surface area contributed by atoms with E-state index in [1.165, 1.54) is 45.0 Å². The van der Waals surface area contributed by atoms with Gasteiger partial charge in [-0.25, -0.2) is 9.69 Å². The topological polar surface area (TPSA) is 130 Å². The van der Waals surface area contributed by atoms with Gasteiger partial charge in [-0.05, 0) is 26.0 Å². The van der Waals surface area contributed by atoms with E-state index in [9.17, 15) is 29.6 Å². The van der Waals surface area contributed by atoms with Gasteiger partial charge in [0, 0.05) is 19.1 Å². The van der Waals surface area contributed by atoms with Crippen molar-refractivity contribution >= 4 is 23.5 Å². The van der Waals surface area contributed by atoms with Gasteiger partial charge in [0.1, 0.15) is 24.0 Å². The number of non-ortho nitro benzene ring substituents is 1. The molecular formula is C16H19N3O7. The molecule has 0 spiro atoms. The Labute approximate surface area is 149 Å². The van der Waals surface area contributed by atoms with Crippen LogP contribution in [0.15, 0.2) is 24.3 Å². The number of aliphatic hydroxyl groups excluding tert-OH is 1. The number of rotatable bonds is 6. The lowest BCUT2D eigenvalue weighted by molar-refractivity contribution is -0.384. The van der Waals surface area contributed by atoms with E-state index >= 15 is 0 Å². The van der Waals surface area contributed by atoms with Gasteiger partial charge in [-0.2, -0.15) is 0 Å². The molecule has 0 bridgehead atoms. The Hall–Kier alpha value is -3.01. The molecular weight excluding hydrogens is 346 g/mol. The first-order chi connectivity index (χ1) is 12.1. The van der Waals surface area contributed by atoms with Gasteiger partial charge in [0.25, 0.3) is 11.6 Å². The normalized spacial score (nSPS) is 17.4. The van der Waals surface area contributed by atoms with Gasteiger partial charge in [0.05, 0.1) is 11.5 Å². The highest BCUT2D eigenvalue weighted by Crippen LogP contribution is 2.28. The zero-order valence-electron chi connectivity index (χ0n) is 14.5. The number of carbonyl (C=O) groups excluding carboxylic acids is 3. The molecule has 1 saturated heterocycles. The number of nitro benzene ring substituents is 1. The molecule has 4 amide bonds. The van der Waals surface area contributed by atoms with Crippen molar-refractivity contribution in [3.05, 3.63) is 34.4 Å². The first kappa shape index (κ1) is 19.3. The van der Waals surface area contributed by atoms with Crippen molar-refractivity contribution in [2.75, 3.05) is 13.2 Å². The summed E-state index contributed by atoms with van der Waals surface area (Å²) in [4.78, 5) is 48.0. The summed E-state index contributed by atoms with van der Waals surface area (Å²) in [5.41, 5.74) is -1.42. The van der Waals surface area contributed by atoms with Crippen LogP contribution in [0.1, 0.15) is 20.8 Å². The summed E-state index contributed by atoms with van der Waals surface area (Å²) in [5.74, 6) is -0.862. The fraction of sp³-hybridized carbons (Fsp3) is 0.438. The number of β-amino-alcohol motifs (C(OH)–C–C–N with tert-alkyl or cyclic N) is 1. The zero-order chi connectivity index (χ0) is 19.6. The van der Waals surface area contributed by atoms with Gasteiger partial charge in [0.15, 0.2) is 0 Å². The van der Waals surface area contributed by atoms with Gasteiger partial charge in [-0.1, -0.05) is 0 Å². The van der Waals surface area contributed by atoms with Crippen molar-refractivity contribution in [1.82, 2.24) is 9.80 Å². The summed E-state index contributed by atoms with van der Waals surface area (Å²) < 4.78 is 5.31. The molecule has 1 fully saturated rings. The average Bonchev–Trinajstić information content (AvgIpc) is 2.72. The third-order valence-corrected chi connectivity index (χ3v) is 3.95. The summed E-state index contributed by atoms with van der Waals surface area (Å²) >= 11 is 0. The molecule has 1 N–H and O–H groups in total. The molecule has 1 aromatic rings. The van der Waals surface area contributed by atoms with Crippen LogP contribution in [0.3, 0.4) is 0 Å².